The van der Waals surface area contributed by atoms with Crippen molar-refractivity contribution >= 4 is 20.3 Å². The molecule has 0 amide bonds. The van der Waals surface area contributed by atoms with Crippen molar-refractivity contribution in [3.63, 3.8) is 0 Å². The molecule has 0 saturated heterocycles. The summed E-state index contributed by atoms with van der Waals surface area (Å²) in [6, 6.07) is 7.09. The number of pyridine rings is 1. The number of nitrogens with zero attached hydrogens (tertiary/aromatic N) is 1. The highest BCUT2D eigenvalue weighted by Crippen LogP contribution is 2.23. The standard InChI is InChI=1S/C13H23NO2SSi/c1-12(11-18(4,15-2)16-3)17-10-8-13-7-5-6-9-14-13/h5-7,9,12H,8,10-11H2,1-4H3. The molecule has 0 aliphatic carbocycles. The lowest BCUT2D eigenvalue weighted by atomic mass is 10.3. The molecule has 1 aromatic heterocycles. The molecule has 1 atom stereocenters. The van der Waals surface area contributed by atoms with E-state index >= 15 is 0 Å². The third-order valence-electron chi connectivity index (χ3n) is 3.01. The monoisotopic (exact) mass is 285 g/mol. The van der Waals surface area contributed by atoms with Crippen LogP contribution in [-0.4, -0.2) is 38.8 Å². The van der Waals surface area contributed by atoms with Crippen molar-refractivity contribution in [3.05, 3.63) is 30.1 Å². The van der Waals surface area contributed by atoms with Crippen molar-refractivity contribution in [1.82, 2.24) is 4.98 Å². The van der Waals surface area contributed by atoms with Crippen LogP contribution in [0.25, 0.3) is 0 Å². The summed E-state index contributed by atoms with van der Waals surface area (Å²) in [5, 5.41) is 0.560. The molecule has 18 heavy (non-hydrogen) atoms. The molecule has 0 fully saturated rings. The van der Waals surface area contributed by atoms with Crippen LogP contribution in [0.1, 0.15) is 12.6 Å². The Bertz CT molecular complexity index is 333. The highest BCUT2D eigenvalue weighted by molar-refractivity contribution is 7.99. The number of hydrogen-bond donors (Lipinski definition) is 0. The quantitative estimate of drug-likeness (QED) is 0.687. The number of aromatic nitrogens is 1. The van der Waals surface area contributed by atoms with Crippen LogP contribution >= 0.6 is 11.8 Å². The predicted molar refractivity (Wildman–Crippen MR) is 80.3 cm³/mol. The average molecular weight is 285 g/mol. The molecule has 0 saturated carbocycles. The van der Waals surface area contributed by atoms with Gasteiger partial charge in [0, 0.05) is 37.4 Å². The number of hydrogen-bond acceptors (Lipinski definition) is 4. The van der Waals surface area contributed by atoms with Gasteiger partial charge in [-0.3, -0.25) is 4.98 Å². The summed E-state index contributed by atoms with van der Waals surface area (Å²) >= 11 is 1.96. The van der Waals surface area contributed by atoms with Gasteiger partial charge in [0.25, 0.3) is 0 Å². The third-order valence-corrected chi connectivity index (χ3v) is 7.56. The Morgan fingerprint density at radius 3 is 2.61 bits per heavy atom. The fourth-order valence-electron chi connectivity index (χ4n) is 1.74. The van der Waals surface area contributed by atoms with Crippen LogP contribution in [0.4, 0.5) is 0 Å². The zero-order valence-corrected chi connectivity index (χ0v) is 13.5. The Morgan fingerprint density at radius 2 is 2.06 bits per heavy atom. The Labute approximate surface area is 116 Å². The van der Waals surface area contributed by atoms with E-state index in [1.807, 2.05) is 30.1 Å². The van der Waals surface area contributed by atoms with E-state index in [0.717, 1.165) is 23.9 Å². The highest BCUT2D eigenvalue weighted by atomic mass is 32.2. The molecule has 102 valence electrons. The first-order chi connectivity index (χ1) is 8.59. The maximum Gasteiger partial charge on any atom is 0.335 e. The molecule has 0 N–H and O–H groups in total. The molecule has 1 aromatic rings. The van der Waals surface area contributed by atoms with Gasteiger partial charge in [-0.2, -0.15) is 11.8 Å². The van der Waals surface area contributed by atoms with E-state index < -0.39 is 8.56 Å². The third kappa shape index (κ3) is 5.52. The van der Waals surface area contributed by atoms with E-state index in [4.69, 9.17) is 8.85 Å². The molecule has 0 bridgehead atoms. The second kappa shape index (κ2) is 7.94. The van der Waals surface area contributed by atoms with E-state index in [2.05, 4.69) is 24.5 Å². The minimum absolute atomic E-state index is 0.560. The van der Waals surface area contributed by atoms with Crippen molar-refractivity contribution in [2.45, 2.75) is 31.2 Å². The van der Waals surface area contributed by atoms with Gasteiger partial charge in [0.15, 0.2) is 0 Å². The Balaban J connectivity index is 2.27. The lowest BCUT2D eigenvalue weighted by molar-refractivity contribution is 0.249. The Morgan fingerprint density at radius 1 is 1.33 bits per heavy atom. The molecule has 5 heteroatoms. The lowest BCUT2D eigenvalue weighted by Crippen LogP contribution is -2.38. The van der Waals surface area contributed by atoms with Gasteiger partial charge in [-0.25, -0.2) is 0 Å². The van der Waals surface area contributed by atoms with Crippen molar-refractivity contribution in [2.75, 3.05) is 20.0 Å². The molecule has 0 aliphatic rings. The van der Waals surface area contributed by atoms with Gasteiger partial charge in [0.1, 0.15) is 0 Å². The molecular weight excluding hydrogens is 262 g/mol. The zero-order chi connectivity index (χ0) is 13.4. The van der Waals surface area contributed by atoms with Crippen LogP contribution < -0.4 is 0 Å². The van der Waals surface area contributed by atoms with Crippen LogP contribution in [0.3, 0.4) is 0 Å². The van der Waals surface area contributed by atoms with Crippen LogP contribution in [0.2, 0.25) is 12.6 Å². The van der Waals surface area contributed by atoms with E-state index in [1.165, 1.54) is 0 Å². The summed E-state index contributed by atoms with van der Waals surface area (Å²) in [5.74, 6) is 1.09. The average Bonchev–Trinajstić information content (AvgIpc) is 2.40. The van der Waals surface area contributed by atoms with E-state index in [-0.39, 0.29) is 0 Å². The summed E-state index contributed by atoms with van der Waals surface area (Å²) < 4.78 is 11.0. The summed E-state index contributed by atoms with van der Waals surface area (Å²) in [6.45, 7) is 4.36. The predicted octanol–water partition coefficient (Wildman–Crippen LogP) is 3.11. The Kier molecular flexibility index (Phi) is 6.92. The normalized spacial score (nSPS) is 13.6. The van der Waals surface area contributed by atoms with Gasteiger partial charge in [-0.05, 0) is 30.9 Å². The molecular formula is C13H23NO2SSi. The van der Waals surface area contributed by atoms with Crippen molar-refractivity contribution in [2.24, 2.45) is 0 Å². The maximum absolute atomic E-state index is 5.51. The second-order valence-electron chi connectivity index (χ2n) is 4.50. The van der Waals surface area contributed by atoms with Gasteiger partial charge < -0.3 is 8.85 Å². The molecule has 0 radical (unpaired) electrons. The molecule has 3 nitrogen and oxygen atoms in total. The SMILES string of the molecule is CO[Si](C)(CC(C)SCCc1ccccn1)OC. The number of rotatable bonds is 8. The highest BCUT2D eigenvalue weighted by Gasteiger charge is 2.30. The number of aryl methyl sites for hydroxylation is 1. The first-order valence-corrected chi connectivity index (χ1v) is 9.78. The summed E-state index contributed by atoms with van der Waals surface area (Å²) in [7, 11) is 1.58. The van der Waals surface area contributed by atoms with Crippen molar-refractivity contribution in [1.29, 1.82) is 0 Å². The summed E-state index contributed by atoms with van der Waals surface area (Å²) in [6.07, 6.45) is 2.87. The zero-order valence-electron chi connectivity index (χ0n) is 11.7. The van der Waals surface area contributed by atoms with E-state index in [0.29, 0.717) is 5.25 Å². The second-order valence-corrected chi connectivity index (χ2v) is 9.54. The van der Waals surface area contributed by atoms with Crippen LogP contribution in [0, 0.1) is 0 Å². The van der Waals surface area contributed by atoms with E-state index in [1.54, 1.807) is 14.2 Å². The lowest BCUT2D eigenvalue weighted by Gasteiger charge is -2.25. The topological polar surface area (TPSA) is 31.4 Å². The van der Waals surface area contributed by atoms with Crippen molar-refractivity contribution in [3.8, 4) is 0 Å². The number of thioether (sulfide) groups is 1. The van der Waals surface area contributed by atoms with Gasteiger partial charge in [0.05, 0.1) is 0 Å². The molecule has 0 aliphatic heterocycles. The van der Waals surface area contributed by atoms with Gasteiger partial charge in [-0.1, -0.05) is 13.0 Å². The molecule has 1 heterocycles. The van der Waals surface area contributed by atoms with E-state index in [9.17, 15) is 0 Å². The first-order valence-electron chi connectivity index (χ1n) is 6.21. The largest absolute Gasteiger partial charge is 0.398 e. The smallest absolute Gasteiger partial charge is 0.335 e. The van der Waals surface area contributed by atoms with Gasteiger partial charge >= 0.3 is 8.56 Å². The summed E-state index contributed by atoms with van der Waals surface area (Å²) in [4.78, 5) is 4.33. The van der Waals surface area contributed by atoms with Gasteiger partial charge in [0.2, 0.25) is 0 Å². The first kappa shape index (κ1) is 15.7. The van der Waals surface area contributed by atoms with Crippen LogP contribution in [0.15, 0.2) is 24.4 Å². The molecule has 1 rings (SSSR count). The summed E-state index contributed by atoms with van der Waals surface area (Å²) in [5.41, 5.74) is 1.16. The van der Waals surface area contributed by atoms with Crippen LogP contribution in [-0.2, 0) is 15.3 Å². The molecule has 0 aromatic carbocycles. The minimum Gasteiger partial charge on any atom is -0.398 e. The van der Waals surface area contributed by atoms with Crippen molar-refractivity contribution < 1.29 is 8.85 Å². The minimum atomic E-state index is -1.93. The fraction of sp³-hybridized carbons (Fsp3) is 0.615. The van der Waals surface area contributed by atoms with Crippen LogP contribution in [0.5, 0.6) is 0 Å². The van der Waals surface area contributed by atoms with Gasteiger partial charge in [-0.15, -0.1) is 0 Å². The fourth-order valence-corrected chi connectivity index (χ4v) is 5.40. The molecule has 0 spiro atoms. The maximum atomic E-state index is 5.51. The molecule has 1 unspecified atom stereocenters. The Hall–Kier alpha value is -0.363.